The molecule has 1 aromatic rings. The van der Waals surface area contributed by atoms with Gasteiger partial charge in [0.05, 0.1) is 17.8 Å². The molecule has 6 nitrogen and oxygen atoms in total. The van der Waals surface area contributed by atoms with Crippen molar-refractivity contribution in [2.75, 3.05) is 13.2 Å². The van der Waals surface area contributed by atoms with E-state index >= 15 is 0 Å². The van der Waals surface area contributed by atoms with Crippen molar-refractivity contribution in [1.29, 1.82) is 0 Å². The van der Waals surface area contributed by atoms with Crippen LogP contribution in [0.15, 0.2) is 11.0 Å². The molecule has 0 unspecified atom stereocenters. The molecule has 1 N–H and O–H groups in total. The highest BCUT2D eigenvalue weighted by Crippen LogP contribution is 2.09. The first-order chi connectivity index (χ1) is 8.10. The molecule has 0 radical (unpaired) electrons. The second-order valence-electron chi connectivity index (χ2n) is 3.21. The van der Waals surface area contributed by atoms with Crippen LogP contribution >= 0.6 is 11.6 Å². The number of carbonyl (C=O) groups excluding carboxylic acids is 1. The van der Waals surface area contributed by atoms with E-state index in [1.54, 1.807) is 6.92 Å². The number of hydrogen-bond donors (Lipinski definition) is 1. The fourth-order valence-electron chi connectivity index (χ4n) is 1.29. The first kappa shape index (κ1) is 13.7. The van der Waals surface area contributed by atoms with E-state index < -0.39 is 11.5 Å². The third-order valence-electron chi connectivity index (χ3n) is 2.04. The van der Waals surface area contributed by atoms with Gasteiger partial charge in [0, 0.05) is 18.6 Å². The lowest BCUT2D eigenvalue weighted by atomic mass is 10.2. The number of ether oxygens (including phenoxy) is 1. The maximum absolute atomic E-state index is 11.8. The second-order valence-corrected chi connectivity index (χ2v) is 3.62. The Labute approximate surface area is 103 Å². The molecule has 1 aromatic heterocycles. The number of carbonyl (C=O) groups is 1. The third-order valence-corrected chi connectivity index (χ3v) is 2.36. The third kappa shape index (κ3) is 3.54. The summed E-state index contributed by atoms with van der Waals surface area (Å²) >= 11 is 5.77. The summed E-state index contributed by atoms with van der Waals surface area (Å²) in [5.74, 6) is -0.542. The Kier molecular flexibility index (Phi) is 5.11. The molecule has 0 aliphatic rings. The summed E-state index contributed by atoms with van der Waals surface area (Å²) in [6.07, 6.45) is 1.40. The van der Waals surface area contributed by atoms with Crippen molar-refractivity contribution in [3.05, 3.63) is 27.1 Å². The monoisotopic (exact) mass is 260 g/mol. The van der Waals surface area contributed by atoms with Gasteiger partial charge in [-0.1, -0.05) is 11.6 Å². The number of aliphatic hydroxyl groups excluding tert-OH is 1. The fourth-order valence-corrected chi connectivity index (χ4v) is 1.51. The molecule has 94 valence electrons. The molecule has 7 heteroatoms. The van der Waals surface area contributed by atoms with Crippen molar-refractivity contribution in [2.45, 2.75) is 19.9 Å². The SMILES string of the molecule is CCOC(=O)Cn1ncc(Cl)c(CCO)c1=O. The van der Waals surface area contributed by atoms with Gasteiger partial charge >= 0.3 is 5.97 Å². The number of esters is 1. The highest BCUT2D eigenvalue weighted by molar-refractivity contribution is 6.31. The van der Waals surface area contributed by atoms with Crippen molar-refractivity contribution < 1.29 is 14.6 Å². The van der Waals surface area contributed by atoms with Gasteiger partial charge in [-0.15, -0.1) is 0 Å². The van der Waals surface area contributed by atoms with Crippen LogP contribution in [0.3, 0.4) is 0 Å². The number of aromatic nitrogens is 2. The van der Waals surface area contributed by atoms with Gasteiger partial charge in [-0.2, -0.15) is 5.10 Å². The Hall–Kier alpha value is -1.40. The summed E-state index contributed by atoms with van der Waals surface area (Å²) in [4.78, 5) is 23.0. The molecule has 1 rings (SSSR count). The molecular weight excluding hydrogens is 248 g/mol. The van der Waals surface area contributed by atoms with Crippen molar-refractivity contribution in [3.63, 3.8) is 0 Å². The molecule has 0 aromatic carbocycles. The Morgan fingerprint density at radius 2 is 2.35 bits per heavy atom. The first-order valence-electron chi connectivity index (χ1n) is 5.11. The zero-order valence-electron chi connectivity index (χ0n) is 9.35. The van der Waals surface area contributed by atoms with Crippen molar-refractivity contribution in [2.24, 2.45) is 0 Å². The second kappa shape index (κ2) is 6.36. The van der Waals surface area contributed by atoms with Gasteiger partial charge in [-0.05, 0) is 6.92 Å². The van der Waals surface area contributed by atoms with E-state index in [2.05, 4.69) is 5.10 Å². The van der Waals surface area contributed by atoms with Crippen LogP contribution in [0.5, 0.6) is 0 Å². The summed E-state index contributed by atoms with van der Waals surface area (Å²) in [6.45, 7) is 1.46. The van der Waals surface area contributed by atoms with Gasteiger partial charge in [0.15, 0.2) is 0 Å². The molecule has 0 fully saturated rings. The molecule has 0 aliphatic carbocycles. The molecule has 17 heavy (non-hydrogen) atoms. The van der Waals surface area contributed by atoms with Gasteiger partial charge in [0.2, 0.25) is 0 Å². The van der Waals surface area contributed by atoms with Crippen LogP contribution < -0.4 is 5.56 Å². The van der Waals surface area contributed by atoms with Gasteiger partial charge in [-0.3, -0.25) is 9.59 Å². The number of aliphatic hydroxyl groups is 1. The Morgan fingerprint density at radius 1 is 1.65 bits per heavy atom. The highest BCUT2D eigenvalue weighted by atomic mass is 35.5. The summed E-state index contributed by atoms with van der Waals surface area (Å²) in [6, 6.07) is 0. The average Bonchev–Trinajstić information content (AvgIpc) is 2.29. The lowest BCUT2D eigenvalue weighted by molar-refractivity contribution is -0.144. The van der Waals surface area contributed by atoms with Gasteiger partial charge in [0.1, 0.15) is 6.54 Å². The van der Waals surface area contributed by atoms with E-state index in [-0.39, 0.29) is 36.8 Å². The minimum Gasteiger partial charge on any atom is -0.465 e. The van der Waals surface area contributed by atoms with E-state index in [9.17, 15) is 9.59 Å². The maximum Gasteiger partial charge on any atom is 0.327 e. The first-order valence-corrected chi connectivity index (χ1v) is 5.49. The summed E-state index contributed by atoms with van der Waals surface area (Å²) in [7, 11) is 0. The van der Waals surface area contributed by atoms with Crippen molar-refractivity contribution >= 4 is 17.6 Å². The van der Waals surface area contributed by atoms with Crippen LogP contribution in [-0.4, -0.2) is 34.1 Å². The van der Waals surface area contributed by atoms with Crippen LogP contribution in [0.4, 0.5) is 0 Å². The molecule has 0 aliphatic heterocycles. The number of rotatable bonds is 5. The molecule has 0 bridgehead atoms. The van der Waals surface area contributed by atoms with Crippen LogP contribution in [0, 0.1) is 0 Å². The maximum atomic E-state index is 11.8. The topological polar surface area (TPSA) is 81.4 Å². The predicted molar refractivity (Wildman–Crippen MR) is 60.9 cm³/mol. The number of nitrogens with zero attached hydrogens (tertiary/aromatic N) is 2. The minimum absolute atomic E-state index is 0.128. The lowest BCUT2D eigenvalue weighted by Crippen LogP contribution is -2.30. The molecular formula is C10H13ClN2O4. The van der Waals surface area contributed by atoms with E-state index in [4.69, 9.17) is 21.4 Å². The van der Waals surface area contributed by atoms with Crippen LogP contribution in [-0.2, 0) is 22.5 Å². The van der Waals surface area contributed by atoms with E-state index in [1.807, 2.05) is 0 Å². The van der Waals surface area contributed by atoms with Crippen LogP contribution in [0.25, 0.3) is 0 Å². The normalized spacial score (nSPS) is 10.3. The molecule has 0 saturated carbocycles. The summed E-state index contributed by atoms with van der Waals surface area (Å²) in [5.41, 5.74) is -0.243. The number of halogens is 1. The lowest BCUT2D eigenvalue weighted by Gasteiger charge is -2.07. The van der Waals surface area contributed by atoms with Crippen LogP contribution in [0.2, 0.25) is 5.02 Å². The van der Waals surface area contributed by atoms with E-state index in [1.165, 1.54) is 6.20 Å². The zero-order chi connectivity index (χ0) is 12.8. The summed E-state index contributed by atoms with van der Waals surface area (Å²) in [5, 5.41) is 12.7. The minimum atomic E-state index is -0.542. The van der Waals surface area contributed by atoms with Crippen molar-refractivity contribution in [1.82, 2.24) is 9.78 Å². The molecule has 0 spiro atoms. The Bertz CT molecular complexity index is 458. The van der Waals surface area contributed by atoms with Crippen LogP contribution in [0.1, 0.15) is 12.5 Å². The molecule has 1 heterocycles. The standard InChI is InChI=1S/C10H13ClN2O4/c1-2-17-9(15)6-13-10(16)7(3-4-14)8(11)5-12-13/h5,14H,2-4,6H2,1H3. The van der Waals surface area contributed by atoms with E-state index in [0.29, 0.717) is 0 Å². The number of hydrogen-bond acceptors (Lipinski definition) is 5. The zero-order valence-corrected chi connectivity index (χ0v) is 10.1. The molecule has 0 atom stereocenters. The smallest absolute Gasteiger partial charge is 0.327 e. The Morgan fingerprint density at radius 3 is 2.94 bits per heavy atom. The largest absolute Gasteiger partial charge is 0.465 e. The Balaban J connectivity index is 2.98. The molecule has 0 saturated heterocycles. The van der Waals surface area contributed by atoms with Crippen molar-refractivity contribution in [3.8, 4) is 0 Å². The molecule has 0 amide bonds. The quantitative estimate of drug-likeness (QED) is 0.754. The van der Waals surface area contributed by atoms with Gasteiger partial charge in [-0.25, -0.2) is 4.68 Å². The van der Waals surface area contributed by atoms with Gasteiger partial charge in [0.25, 0.3) is 5.56 Å². The fraction of sp³-hybridized carbons (Fsp3) is 0.500. The van der Waals surface area contributed by atoms with Gasteiger partial charge < -0.3 is 9.84 Å². The highest BCUT2D eigenvalue weighted by Gasteiger charge is 2.12. The van der Waals surface area contributed by atoms with E-state index in [0.717, 1.165) is 4.68 Å². The summed E-state index contributed by atoms with van der Waals surface area (Å²) < 4.78 is 5.68. The average molecular weight is 261 g/mol. The predicted octanol–water partition coefficient (Wildman–Crippen LogP) is -0.00540.